The Morgan fingerprint density at radius 2 is 1.67 bits per heavy atom. The molecule has 2 aromatic carbocycles. The van der Waals surface area contributed by atoms with Crippen LogP contribution in [0.5, 0.6) is 0 Å². The summed E-state index contributed by atoms with van der Waals surface area (Å²) in [4.78, 5) is 33.1. The summed E-state index contributed by atoms with van der Waals surface area (Å²) in [5, 5.41) is 3.00. The largest absolute Gasteiger partial charge is 0.465 e. The molecule has 30 heavy (non-hydrogen) atoms. The molecule has 2 heterocycles. The van der Waals surface area contributed by atoms with Crippen LogP contribution in [0.1, 0.15) is 26.4 Å². The van der Waals surface area contributed by atoms with Crippen molar-refractivity contribution in [2.24, 2.45) is 0 Å². The minimum Gasteiger partial charge on any atom is -0.465 e. The zero-order chi connectivity index (χ0) is 20.9. The Labute approximate surface area is 179 Å². The van der Waals surface area contributed by atoms with Gasteiger partial charge < -0.3 is 9.64 Å². The van der Waals surface area contributed by atoms with Crippen molar-refractivity contribution < 1.29 is 14.3 Å². The van der Waals surface area contributed by atoms with Gasteiger partial charge in [-0.15, -0.1) is 11.3 Å². The van der Waals surface area contributed by atoms with Crippen molar-refractivity contribution in [1.29, 1.82) is 0 Å². The van der Waals surface area contributed by atoms with Gasteiger partial charge in [0.25, 0.3) is 5.91 Å². The van der Waals surface area contributed by atoms with Gasteiger partial charge in [-0.2, -0.15) is 0 Å². The number of rotatable bonds is 5. The predicted molar refractivity (Wildman–Crippen MR) is 117 cm³/mol. The minimum atomic E-state index is -0.341. The average molecular weight is 422 g/mol. The fraction of sp³-hybridized carbons (Fsp3) is 0.261. The third-order valence-corrected chi connectivity index (χ3v) is 6.11. The van der Waals surface area contributed by atoms with E-state index in [9.17, 15) is 9.59 Å². The van der Waals surface area contributed by atoms with Gasteiger partial charge in [-0.3, -0.25) is 9.69 Å². The van der Waals surface area contributed by atoms with E-state index in [1.807, 2.05) is 47.4 Å². The Balaban J connectivity index is 1.33. The van der Waals surface area contributed by atoms with Crippen LogP contribution in [0.4, 0.5) is 0 Å². The van der Waals surface area contributed by atoms with E-state index in [-0.39, 0.29) is 11.9 Å². The molecule has 4 rings (SSSR count). The van der Waals surface area contributed by atoms with Crippen molar-refractivity contribution in [3.63, 3.8) is 0 Å². The first kappa shape index (κ1) is 20.3. The van der Waals surface area contributed by atoms with Gasteiger partial charge in [0.1, 0.15) is 5.01 Å². The van der Waals surface area contributed by atoms with Gasteiger partial charge in [-0.25, -0.2) is 9.78 Å². The zero-order valence-electron chi connectivity index (χ0n) is 16.8. The van der Waals surface area contributed by atoms with Crippen LogP contribution in [-0.4, -0.2) is 59.9 Å². The Morgan fingerprint density at radius 3 is 2.33 bits per heavy atom. The standard InChI is InChI=1S/C23H23N3O3S/c1-29-23(28)19-9-7-17(8-10-19)21-24-20(16-30-21)15-25-11-13-26(14-12-25)22(27)18-5-3-2-4-6-18/h2-10,16H,11-15H2,1H3. The number of aromatic nitrogens is 1. The quantitative estimate of drug-likeness (QED) is 0.590. The number of methoxy groups -OCH3 is 1. The number of carbonyl (C=O) groups excluding carboxylic acids is 2. The van der Waals surface area contributed by atoms with Crippen molar-refractivity contribution in [2.75, 3.05) is 33.3 Å². The molecule has 1 amide bonds. The molecule has 1 saturated heterocycles. The molecule has 0 radical (unpaired) electrons. The lowest BCUT2D eigenvalue weighted by Crippen LogP contribution is -2.48. The molecule has 0 aliphatic carbocycles. The number of carbonyl (C=O) groups is 2. The van der Waals surface area contributed by atoms with E-state index in [1.54, 1.807) is 23.5 Å². The molecule has 1 aliphatic rings. The molecule has 0 spiro atoms. The number of hydrogen-bond donors (Lipinski definition) is 0. The highest BCUT2D eigenvalue weighted by Gasteiger charge is 2.22. The summed E-state index contributed by atoms with van der Waals surface area (Å²) in [5.74, 6) is -0.243. The Kier molecular flexibility index (Phi) is 6.21. The van der Waals surface area contributed by atoms with E-state index in [1.165, 1.54) is 7.11 Å². The number of nitrogens with zero attached hydrogens (tertiary/aromatic N) is 3. The van der Waals surface area contributed by atoms with E-state index in [4.69, 9.17) is 9.72 Å². The van der Waals surface area contributed by atoms with Crippen LogP contribution in [0, 0.1) is 0 Å². The molecule has 0 saturated carbocycles. The van der Waals surface area contributed by atoms with Crippen LogP contribution in [-0.2, 0) is 11.3 Å². The van der Waals surface area contributed by atoms with Gasteiger partial charge in [0, 0.05) is 49.2 Å². The second-order valence-electron chi connectivity index (χ2n) is 7.15. The molecule has 0 N–H and O–H groups in total. The van der Waals surface area contributed by atoms with E-state index in [0.717, 1.165) is 54.6 Å². The SMILES string of the molecule is COC(=O)c1ccc(-c2nc(CN3CCN(C(=O)c4ccccc4)CC3)cs2)cc1. The summed E-state index contributed by atoms with van der Waals surface area (Å²) in [5.41, 5.74) is 3.28. The summed E-state index contributed by atoms with van der Waals surface area (Å²) in [6, 6.07) is 16.7. The number of amides is 1. The van der Waals surface area contributed by atoms with Crippen LogP contribution < -0.4 is 0 Å². The van der Waals surface area contributed by atoms with Crippen LogP contribution >= 0.6 is 11.3 Å². The fourth-order valence-corrected chi connectivity index (χ4v) is 4.30. The topological polar surface area (TPSA) is 62.7 Å². The molecule has 7 heteroatoms. The third kappa shape index (κ3) is 4.58. The maximum Gasteiger partial charge on any atom is 0.337 e. The highest BCUT2D eigenvalue weighted by atomic mass is 32.1. The number of piperazine rings is 1. The van der Waals surface area contributed by atoms with Crippen molar-refractivity contribution in [1.82, 2.24) is 14.8 Å². The molecule has 6 nitrogen and oxygen atoms in total. The van der Waals surface area contributed by atoms with Gasteiger partial charge in [0.2, 0.25) is 0 Å². The molecule has 1 aromatic heterocycles. The van der Waals surface area contributed by atoms with Crippen LogP contribution in [0.15, 0.2) is 60.0 Å². The van der Waals surface area contributed by atoms with Crippen molar-refractivity contribution >= 4 is 23.2 Å². The molecule has 0 atom stereocenters. The molecular weight excluding hydrogens is 398 g/mol. The van der Waals surface area contributed by atoms with Gasteiger partial charge in [-0.05, 0) is 24.3 Å². The van der Waals surface area contributed by atoms with E-state index in [2.05, 4.69) is 10.3 Å². The van der Waals surface area contributed by atoms with E-state index < -0.39 is 0 Å². The maximum absolute atomic E-state index is 12.6. The Bertz CT molecular complexity index is 1010. The summed E-state index contributed by atoms with van der Waals surface area (Å²) in [6.07, 6.45) is 0. The Hall–Kier alpha value is -3.03. The van der Waals surface area contributed by atoms with Crippen LogP contribution in [0.2, 0.25) is 0 Å². The molecular formula is C23H23N3O3S. The predicted octanol–water partition coefficient (Wildman–Crippen LogP) is 3.55. The second-order valence-corrected chi connectivity index (χ2v) is 8.01. The minimum absolute atomic E-state index is 0.0987. The molecule has 1 aliphatic heterocycles. The number of ether oxygens (including phenoxy) is 1. The first-order valence-corrected chi connectivity index (χ1v) is 10.7. The molecule has 0 bridgehead atoms. The highest BCUT2D eigenvalue weighted by molar-refractivity contribution is 7.13. The van der Waals surface area contributed by atoms with Crippen LogP contribution in [0.3, 0.4) is 0 Å². The first-order chi connectivity index (χ1) is 14.6. The average Bonchev–Trinajstić information content (AvgIpc) is 3.27. The summed E-state index contributed by atoms with van der Waals surface area (Å²) in [6.45, 7) is 3.88. The second kappa shape index (κ2) is 9.19. The molecule has 3 aromatic rings. The summed E-state index contributed by atoms with van der Waals surface area (Å²) < 4.78 is 4.74. The zero-order valence-corrected chi connectivity index (χ0v) is 17.6. The lowest BCUT2D eigenvalue weighted by molar-refractivity contribution is 0.0598. The van der Waals surface area contributed by atoms with Gasteiger partial charge >= 0.3 is 5.97 Å². The number of esters is 1. The molecule has 0 unspecified atom stereocenters. The van der Waals surface area contributed by atoms with E-state index >= 15 is 0 Å². The monoisotopic (exact) mass is 421 g/mol. The third-order valence-electron chi connectivity index (χ3n) is 5.17. The van der Waals surface area contributed by atoms with Crippen LogP contribution in [0.25, 0.3) is 10.6 Å². The number of benzene rings is 2. The van der Waals surface area contributed by atoms with Gasteiger partial charge in [0.05, 0.1) is 18.4 Å². The number of hydrogen-bond acceptors (Lipinski definition) is 6. The van der Waals surface area contributed by atoms with E-state index in [0.29, 0.717) is 5.56 Å². The smallest absolute Gasteiger partial charge is 0.337 e. The van der Waals surface area contributed by atoms with Gasteiger partial charge in [0.15, 0.2) is 0 Å². The lowest BCUT2D eigenvalue weighted by Gasteiger charge is -2.34. The van der Waals surface area contributed by atoms with Crippen molar-refractivity contribution in [3.05, 3.63) is 76.8 Å². The molecule has 154 valence electrons. The van der Waals surface area contributed by atoms with Crippen molar-refractivity contribution in [2.45, 2.75) is 6.54 Å². The molecule has 1 fully saturated rings. The summed E-state index contributed by atoms with van der Waals surface area (Å²) in [7, 11) is 1.38. The van der Waals surface area contributed by atoms with Crippen molar-refractivity contribution in [3.8, 4) is 10.6 Å². The Morgan fingerprint density at radius 1 is 0.967 bits per heavy atom. The number of thiazole rings is 1. The lowest BCUT2D eigenvalue weighted by atomic mass is 10.1. The maximum atomic E-state index is 12.6. The highest BCUT2D eigenvalue weighted by Crippen LogP contribution is 2.25. The first-order valence-electron chi connectivity index (χ1n) is 9.84. The fourth-order valence-electron chi connectivity index (χ4n) is 3.48. The normalized spacial score (nSPS) is 14.5. The van der Waals surface area contributed by atoms with Gasteiger partial charge in [-0.1, -0.05) is 30.3 Å². The summed E-state index contributed by atoms with van der Waals surface area (Å²) >= 11 is 1.60.